The lowest BCUT2D eigenvalue weighted by Gasteiger charge is -2.34. The Morgan fingerprint density at radius 1 is 1.08 bits per heavy atom. The van der Waals surface area contributed by atoms with Crippen molar-refractivity contribution in [2.75, 3.05) is 19.8 Å². The number of rotatable bonds is 6. The van der Waals surface area contributed by atoms with E-state index in [-0.39, 0.29) is 25.2 Å². The largest absolute Gasteiger partial charge is 0.480 e. The van der Waals surface area contributed by atoms with Crippen LogP contribution in [0.1, 0.15) is 55.0 Å². The average Bonchev–Trinajstić information content (AvgIpc) is 3.67. The van der Waals surface area contributed by atoms with E-state index in [1.165, 1.54) is 11.1 Å². The summed E-state index contributed by atoms with van der Waals surface area (Å²) in [4.78, 5) is 31.8. The van der Waals surface area contributed by atoms with Gasteiger partial charge in [0.25, 0.3) is 0 Å². The Kier molecular flexibility index (Phi) is 6.31. The number of nitrogens with zero attached hydrogens (tertiary/aromatic N) is 3. The number of hydrogen-bond acceptors (Lipinski definition) is 5. The van der Waals surface area contributed by atoms with Crippen molar-refractivity contribution in [2.24, 2.45) is 7.05 Å². The second kappa shape index (κ2) is 9.54. The molecular weight excluding hydrogens is 550 g/mol. The first-order valence-electron chi connectivity index (χ1n) is 13.0. The molecule has 1 aromatic heterocycles. The highest BCUT2D eigenvalue weighted by Gasteiger charge is 2.59. The summed E-state index contributed by atoms with van der Waals surface area (Å²) >= 11 is 3.43. The second-order valence-corrected chi connectivity index (χ2v) is 11.5. The Labute approximate surface area is 229 Å². The normalized spacial score (nSPS) is 21.6. The van der Waals surface area contributed by atoms with Crippen LogP contribution in [0, 0.1) is 0 Å². The Morgan fingerprint density at radius 2 is 1.71 bits per heavy atom. The molecule has 1 amide bonds. The number of likely N-dealkylation sites (tertiary alicyclic amines) is 1. The van der Waals surface area contributed by atoms with Crippen LogP contribution >= 0.6 is 15.9 Å². The fraction of sp³-hybridized carbons (Fsp3) is 0.414. The highest BCUT2D eigenvalue weighted by atomic mass is 79.9. The maximum Gasteiger partial charge on any atom is 0.410 e. The van der Waals surface area contributed by atoms with E-state index in [1.54, 1.807) is 4.90 Å². The minimum absolute atomic E-state index is 0.0352. The van der Waals surface area contributed by atoms with E-state index < -0.39 is 23.7 Å². The number of carbonyl (C=O) groups is 2. The van der Waals surface area contributed by atoms with Crippen molar-refractivity contribution in [3.63, 3.8) is 0 Å². The van der Waals surface area contributed by atoms with Gasteiger partial charge in [0.2, 0.25) is 0 Å². The van der Waals surface area contributed by atoms with Gasteiger partial charge in [-0.2, -0.15) is 0 Å². The van der Waals surface area contributed by atoms with Crippen molar-refractivity contribution in [3.05, 3.63) is 76.3 Å². The van der Waals surface area contributed by atoms with Crippen LogP contribution in [0.3, 0.4) is 0 Å². The molecule has 1 saturated heterocycles. The van der Waals surface area contributed by atoms with Crippen molar-refractivity contribution in [2.45, 2.75) is 49.2 Å². The molecule has 1 unspecified atom stereocenters. The quantitative estimate of drug-likeness (QED) is 0.417. The number of aliphatic carboxylic acids is 1. The zero-order chi connectivity index (χ0) is 26.5. The van der Waals surface area contributed by atoms with Crippen molar-refractivity contribution < 1.29 is 24.2 Å². The van der Waals surface area contributed by atoms with E-state index in [4.69, 9.17) is 9.47 Å². The number of carboxylic acids is 1. The summed E-state index contributed by atoms with van der Waals surface area (Å²) in [7, 11) is 1.86. The standard InChI is InChI=1S/C29H30BrN3O5/c1-32-14-24(30)31-26(32)29(38-16-25(34)35)17-28(12-6-7-13-28)33(18-29)27(36)37-15-23-21-10-4-2-8-19(21)20-9-3-5-11-22(20)23/h2-5,8-11,14,23H,6-7,12-13,15-18H2,1H3,(H,34,35). The van der Waals surface area contributed by atoms with Crippen molar-refractivity contribution >= 4 is 28.0 Å². The van der Waals surface area contributed by atoms with E-state index >= 15 is 0 Å². The number of hydrogen-bond donors (Lipinski definition) is 1. The minimum Gasteiger partial charge on any atom is -0.480 e. The van der Waals surface area contributed by atoms with E-state index in [0.717, 1.165) is 36.8 Å². The SMILES string of the molecule is Cn1cc(Br)nc1C1(OCC(=O)O)CN(C(=O)OCC2c3ccccc3-c3ccccc32)C2(CCCC2)C1. The Hall–Kier alpha value is -3.17. The predicted octanol–water partition coefficient (Wildman–Crippen LogP) is 5.45. The van der Waals surface area contributed by atoms with Gasteiger partial charge in [0.05, 0.1) is 6.54 Å². The number of benzene rings is 2. The first-order valence-corrected chi connectivity index (χ1v) is 13.8. The van der Waals surface area contributed by atoms with Crippen LogP contribution in [-0.2, 0) is 26.9 Å². The molecule has 1 saturated carbocycles. The van der Waals surface area contributed by atoms with Crippen LogP contribution < -0.4 is 0 Å². The third-order valence-corrected chi connectivity index (χ3v) is 8.80. The minimum atomic E-state index is -1.06. The number of imidazole rings is 1. The van der Waals surface area contributed by atoms with Crippen LogP contribution in [-0.4, -0.2) is 56.9 Å². The zero-order valence-corrected chi connectivity index (χ0v) is 22.8. The molecule has 1 spiro atoms. The number of carboxylic acid groups (broad SMARTS) is 1. The predicted molar refractivity (Wildman–Crippen MR) is 144 cm³/mol. The first kappa shape index (κ1) is 25.1. The molecule has 9 heteroatoms. The zero-order valence-electron chi connectivity index (χ0n) is 21.2. The van der Waals surface area contributed by atoms with Gasteiger partial charge in [-0.1, -0.05) is 61.4 Å². The summed E-state index contributed by atoms with van der Waals surface area (Å²) in [5, 5.41) is 9.44. The number of ether oxygens (including phenoxy) is 2. The Bertz CT molecular complexity index is 1350. The van der Waals surface area contributed by atoms with Gasteiger partial charge >= 0.3 is 12.1 Å². The number of aryl methyl sites for hydroxylation is 1. The third-order valence-electron chi connectivity index (χ3n) is 8.42. The highest BCUT2D eigenvalue weighted by Crippen LogP contribution is 2.52. The summed E-state index contributed by atoms with van der Waals surface area (Å²) in [6, 6.07) is 16.5. The molecule has 2 aliphatic carbocycles. The fourth-order valence-electron chi connectivity index (χ4n) is 6.88. The second-order valence-electron chi connectivity index (χ2n) is 10.7. The summed E-state index contributed by atoms with van der Waals surface area (Å²) in [5.41, 5.74) is 3.18. The fourth-order valence-corrected chi connectivity index (χ4v) is 7.36. The topological polar surface area (TPSA) is 93.9 Å². The monoisotopic (exact) mass is 579 g/mol. The third kappa shape index (κ3) is 4.12. The van der Waals surface area contributed by atoms with Gasteiger partial charge in [0, 0.05) is 31.1 Å². The van der Waals surface area contributed by atoms with Crippen molar-refractivity contribution in [1.29, 1.82) is 0 Å². The van der Waals surface area contributed by atoms with Gasteiger partial charge in [-0.15, -0.1) is 0 Å². The number of fused-ring (bicyclic) bond motifs is 3. The van der Waals surface area contributed by atoms with Gasteiger partial charge in [-0.3, -0.25) is 4.90 Å². The van der Waals surface area contributed by atoms with Gasteiger partial charge in [0.1, 0.15) is 29.2 Å². The van der Waals surface area contributed by atoms with Gasteiger partial charge in [-0.25, -0.2) is 14.6 Å². The van der Waals surface area contributed by atoms with Crippen LogP contribution in [0.4, 0.5) is 4.79 Å². The molecule has 2 fully saturated rings. The molecule has 198 valence electrons. The number of amides is 1. The van der Waals surface area contributed by atoms with Crippen molar-refractivity contribution in [1.82, 2.24) is 14.5 Å². The summed E-state index contributed by atoms with van der Waals surface area (Å²) in [6.45, 7) is -0.0519. The van der Waals surface area contributed by atoms with E-state index in [0.29, 0.717) is 16.8 Å². The molecule has 0 radical (unpaired) electrons. The van der Waals surface area contributed by atoms with Gasteiger partial charge < -0.3 is 19.1 Å². The van der Waals surface area contributed by atoms with E-state index in [2.05, 4.69) is 45.2 Å². The van der Waals surface area contributed by atoms with Gasteiger partial charge in [-0.05, 0) is 51.0 Å². The molecule has 3 aromatic rings. The average molecular weight is 580 g/mol. The molecule has 1 atom stereocenters. The molecule has 6 rings (SSSR count). The molecule has 1 N–H and O–H groups in total. The molecular formula is C29H30BrN3O5. The highest BCUT2D eigenvalue weighted by molar-refractivity contribution is 9.10. The maximum absolute atomic E-state index is 13.8. The van der Waals surface area contributed by atoms with Crippen molar-refractivity contribution in [3.8, 4) is 11.1 Å². The molecule has 3 aliphatic rings. The lowest BCUT2D eigenvalue weighted by molar-refractivity contribution is -0.150. The molecule has 38 heavy (non-hydrogen) atoms. The molecule has 1 aliphatic heterocycles. The number of aromatic nitrogens is 2. The lowest BCUT2D eigenvalue weighted by atomic mass is 9.87. The molecule has 2 heterocycles. The van der Waals surface area contributed by atoms with Crippen LogP contribution in [0.15, 0.2) is 59.3 Å². The van der Waals surface area contributed by atoms with Gasteiger partial charge in [0.15, 0.2) is 0 Å². The van der Waals surface area contributed by atoms with E-state index in [9.17, 15) is 14.7 Å². The molecule has 2 aromatic carbocycles. The number of halogens is 1. The summed E-state index contributed by atoms with van der Waals surface area (Å²) < 4.78 is 14.7. The number of carbonyl (C=O) groups excluding carboxylic acids is 1. The smallest absolute Gasteiger partial charge is 0.410 e. The maximum atomic E-state index is 13.8. The van der Waals surface area contributed by atoms with Crippen LogP contribution in [0.25, 0.3) is 11.1 Å². The van der Waals surface area contributed by atoms with E-state index in [1.807, 2.05) is 42.1 Å². The van der Waals surface area contributed by atoms with Crippen LogP contribution in [0.2, 0.25) is 0 Å². The summed E-state index contributed by atoms with van der Waals surface area (Å²) in [5.74, 6) is -0.490. The molecule has 8 nitrogen and oxygen atoms in total. The summed E-state index contributed by atoms with van der Waals surface area (Å²) in [6.07, 6.45) is 5.54. The first-order chi connectivity index (χ1) is 18.3. The Morgan fingerprint density at radius 3 is 2.29 bits per heavy atom. The van der Waals surface area contributed by atoms with Crippen LogP contribution in [0.5, 0.6) is 0 Å². The lowest BCUT2D eigenvalue weighted by Crippen LogP contribution is -2.46. The molecule has 0 bridgehead atoms. The Balaban J connectivity index is 1.29.